The molecular formula is C45H30N2O2. The molecule has 4 heteroatoms. The van der Waals surface area contributed by atoms with Crippen molar-refractivity contribution in [3.05, 3.63) is 181 Å². The van der Waals surface area contributed by atoms with Crippen LogP contribution in [0.4, 0.5) is 11.4 Å². The van der Waals surface area contributed by atoms with Crippen LogP contribution in [0.2, 0.25) is 0 Å². The first-order valence-electron chi connectivity index (χ1n) is 16.7. The van der Waals surface area contributed by atoms with Gasteiger partial charge in [-0.25, -0.2) is 4.98 Å². The van der Waals surface area contributed by atoms with Crippen LogP contribution >= 0.6 is 0 Å². The summed E-state index contributed by atoms with van der Waals surface area (Å²) in [4.78, 5) is 6.94. The third kappa shape index (κ3) is 4.56. The fourth-order valence-corrected chi connectivity index (χ4v) is 7.62. The van der Waals surface area contributed by atoms with Crippen LogP contribution in [-0.4, -0.2) is 11.0 Å². The molecule has 4 nitrogen and oxygen atoms in total. The van der Waals surface area contributed by atoms with Gasteiger partial charge in [-0.05, 0) is 88.3 Å². The van der Waals surface area contributed by atoms with E-state index in [0.717, 1.165) is 61.1 Å². The number of benzene rings is 6. The van der Waals surface area contributed by atoms with Gasteiger partial charge in [0, 0.05) is 39.3 Å². The Bertz CT molecular complexity index is 2600. The zero-order chi connectivity index (χ0) is 32.3. The minimum absolute atomic E-state index is 0.000696. The number of anilines is 2. The Morgan fingerprint density at radius 3 is 2.27 bits per heavy atom. The molecule has 10 rings (SSSR count). The van der Waals surface area contributed by atoms with E-state index in [9.17, 15) is 0 Å². The smallest absolute Gasteiger partial charge is 0.227 e. The quantitative estimate of drug-likeness (QED) is 0.190. The molecule has 1 aliphatic heterocycles. The van der Waals surface area contributed by atoms with Crippen molar-refractivity contribution in [3.63, 3.8) is 0 Å². The fraction of sp³-hybridized carbons (Fsp3) is 0.0444. The number of furan rings is 1. The van der Waals surface area contributed by atoms with E-state index in [2.05, 4.69) is 162 Å². The van der Waals surface area contributed by atoms with Gasteiger partial charge in [-0.2, -0.15) is 0 Å². The Labute approximate surface area is 283 Å². The monoisotopic (exact) mass is 630 g/mol. The van der Waals surface area contributed by atoms with Gasteiger partial charge in [0.2, 0.25) is 5.71 Å². The highest BCUT2D eigenvalue weighted by Crippen LogP contribution is 2.48. The van der Waals surface area contributed by atoms with Crippen molar-refractivity contribution in [2.24, 2.45) is 0 Å². The van der Waals surface area contributed by atoms with Crippen molar-refractivity contribution in [3.8, 4) is 28.0 Å². The number of rotatable bonds is 5. The van der Waals surface area contributed by atoms with Crippen LogP contribution in [0.25, 0.3) is 55.1 Å². The lowest BCUT2D eigenvalue weighted by molar-refractivity contribution is 0.415. The van der Waals surface area contributed by atoms with E-state index >= 15 is 0 Å². The summed E-state index contributed by atoms with van der Waals surface area (Å²) in [6.07, 6.45) is 8.33. The van der Waals surface area contributed by atoms with Gasteiger partial charge < -0.3 is 14.1 Å². The summed E-state index contributed by atoms with van der Waals surface area (Å²) in [6.45, 7) is 0. The molecule has 2 aromatic heterocycles. The van der Waals surface area contributed by atoms with Crippen LogP contribution < -0.4 is 9.64 Å². The SMILES string of the molecule is C1=CC(N(c2ccc(-c3ccccc3)cc2)c2cccc(-c3ccc4ccc5c6cccnc6oc5c4c3)c2)C2C(=C1)Oc1ccccc12. The molecule has 49 heavy (non-hydrogen) atoms. The molecule has 6 aromatic carbocycles. The predicted octanol–water partition coefficient (Wildman–Crippen LogP) is 11.6. The molecule has 2 atom stereocenters. The van der Waals surface area contributed by atoms with E-state index in [1.165, 1.54) is 16.7 Å². The van der Waals surface area contributed by atoms with Gasteiger partial charge in [-0.15, -0.1) is 0 Å². The first-order valence-corrected chi connectivity index (χ1v) is 16.7. The zero-order valence-corrected chi connectivity index (χ0v) is 26.5. The second kappa shape index (κ2) is 11.1. The summed E-state index contributed by atoms with van der Waals surface area (Å²) in [7, 11) is 0. The highest BCUT2D eigenvalue weighted by atomic mass is 16.5. The van der Waals surface area contributed by atoms with E-state index < -0.39 is 0 Å². The maximum absolute atomic E-state index is 6.40. The van der Waals surface area contributed by atoms with Gasteiger partial charge in [-0.1, -0.05) is 103 Å². The van der Waals surface area contributed by atoms with Gasteiger partial charge in [0.05, 0.1) is 12.0 Å². The molecule has 232 valence electrons. The number of hydrogen-bond donors (Lipinski definition) is 0. The van der Waals surface area contributed by atoms with Crippen LogP contribution in [0.1, 0.15) is 11.5 Å². The third-order valence-corrected chi connectivity index (χ3v) is 9.94. The molecule has 0 N–H and O–H groups in total. The van der Waals surface area contributed by atoms with Crippen molar-refractivity contribution in [2.75, 3.05) is 4.90 Å². The number of aromatic nitrogens is 1. The Morgan fingerprint density at radius 2 is 1.35 bits per heavy atom. The van der Waals surface area contributed by atoms with E-state index in [1.54, 1.807) is 6.20 Å². The summed E-state index contributed by atoms with van der Waals surface area (Å²) < 4.78 is 12.7. The lowest BCUT2D eigenvalue weighted by Crippen LogP contribution is -2.36. The standard InChI is InChI=1S/C45H30N2O2/c1-2-9-29(10-3-1)30-20-23-34(24-21-30)47(40-15-7-17-42-43(40)38-13-4-5-16-41(38)48-42)35-12-6-11-32(27-35)33-19-18-31-22-25-36-37-14-8-26-46-45(37)49-44(36)39(31)28-33/h1-28,40,43H. The fourth-order valence-electron chi connectivity index (χ4n) is 7.62. The lowest BCUT2D eigenvalue weighted by atomic mass is 9.86. The molecule has 2 unspecified atom stereocenters. The molecule has 1 aliphatic carbocycles. The van der Waals surface area contributed by atoms with Crippen molar-refractivity contribution in [1.29, 1.82) is 0 Å². The molecule has 3 heterocycles. The second-order valence-electron chi connectivity index (χ2n) is 12.7. The van der Waals surface area contributed by atoms with Gasteiger partial charge in [0.1, 0.15) is 17.1 Å². The molecule has 0 saturated heterocycles. The van der Waals surface area contributed by atoms with Gasteiger partial charge >= 0.3 is 0 Å². The highest BCUT2D eigenvalue weighted by molar-refractivity contribution is 6.14. The van der Waals surface area contributed by atoms with Crippen molar-refractivity contribution < 1.29 is 9.15 Å². The number of hydrogen-bond acceptors (Lipinski definition) is 4. The van der Waals surface area contributed by atoms with E-state index in [-0.39, 0.29) is 12.0 Å². The van der Waals surface area contributed by atoms with Gasteiger partial charge in [0.15, 0.2) is 0 Å². The van der Waals surface area contributed by atoms with Crippen LogP contribution in [0.15, 0.2) is 180 Å². The van der Waals surface area contributed by atoms with E-state index in [1.807, 2.05) is 12.1 Å². The number of para-hydroxylation sites is 1. The van der Waals surface area contributed by atoms with Gasteiger partial charge in [0.25, 0.3) is 0 Å². The molecule has 0 radical (unpaired) electrons. The van der Waals surface area contributed by atoms with Crippen LogP contribution in [0.5, 0.6) is 5.75 Å². The summed E-state index contributed by atoms with van der Waals surface area (Å²) in [5, 5.41) is 4.33. The molecule has 0 bridgehead atoms. The molecule has 2 aliphatic rings. The Balaban J connectivity index is 1.11. The first kappa shape index (κ1) is 27.7. The topological polar surface area (TPSA) is 38.5 Å². The van der Waals surface area contributed by atoms with Crippen LogP contribution in [0, 0.1) is 0 Å². The first-order chi connectivity index (χ1) is 24.3. The molecule has 0 amide bonds. The summed E-state index contributed by atoms with van der Waals surface area (Å²) in [6, 6.07) is 51.7. The summed E-state index contributed by atoms with van der Waals surface area (Å²) in [5.74, 6) is 1.98. The number of pyridine rings is 1. The zero-order valence-electron chi connectivity index (χ0n) is 26.5. The van der Waals surface area contributed by atoms with Crippen molar-refractivity contribution in [1.82, 2.24) is 4.98 Å². The van der Waals surface area contributed by atoms with Crippen molar-refractivity contribution in [2.45, 2.75) is 12.0 Å². The maximum Gasteiger partial charge on any atom is 0.227 e. The van der Waals surface area contributed by atoms with Crippen LogP contribution in [-0.2, 0) is 0 Å². The number of allylic oxidation sites excluding steroid dienone is 2. The normalized spacial score (nSPS) is 16.4. The van der Waals surface area contributed by atoms with E-state index in [4.69, 9.17) is 9.15 Å². The van der Waals surface area contributed by atoms with E-state index in [0.29, 0.717) is 5.71 Å². The molecule has 0 saturated carbocycles. The van der Waals surface area contributed by atoms with Crippen molar-refractivity contribution >= 4 is 44.2 Å². The maximum atomic E-state index is 6.40. The minimum Gasteiger partial charge on any atom is -0.461 e. The lowest BCUT2D eigenvalue weighted by Gasteiger charge is -2.37. The Hall–Kier alpha value is -6.39. The number of nitrogens with zero attached hydrogens (tertiary/aromatic N) is 2. The summed E-state index contributed by atoms with van der Waals surface area (Å²) >= 11 is 0. The molecule has 8 aromatic rings. The molecule has 0 spiro atoms. The number of ether oxygens (including phenoxy) is 1. The molecule has 0 fully saturated rings. The van der Waals surface area contributed by atoms with Crippen LogP contribution in [0.3, 0.4) is 0 Å². The average Bonchev–Trinajstić information content (AvgIpc) is 3.75. The highest BCUT2D eigenvalue weighted by Gasteiger charge is 2.39. The second-order valence-corrected chi connectivity index (χ2v) is 12.7. The predicted molar refractivity (Wildman–Crippen MR) is 199 cm³/mol. The average molecular weight is 631 g/mol. The minimum atomic E-state index is 0.000696. The Kier molecular flexibility index (Phi) is 6.28. The molecular weight excluding hydrogens is 601 g/mol. The summed E-state index contributed by atoms with van der Waals surface area (Å²) in [5.41, 5.74) is 9.63. The number of fused-ring (bicyclic) bond motifs is 8. The largest absolute Gasteiger partial charge is 0.461 e. The third-order valence-electron chi connectivity index (χ3n) is 9.94. The Morgan fingerprint density at radius 1 is 0.571 bits per heavy atom. The van der Waals surface area contributed by atoms with Gasteiger partial charge in [-0.3, -0.25) is 0 Å².